The second kappa shape index (κ2) is 7.80. The van der Waals surface area contributed by atoms with Gasteiger partial charge in [-0.05, 0) is 37.1 Å². The predicted octanol–water partition coefficient (Wildman–Crippen LogP) is 4.47. The molecule has 1 aliphatic heterocycles. The summed E-state index contributed by atoms with van der Waals surface area (Å²) in [4.78, 5) is 6.88. The highest BCUT2D eigenvalue weighted by atomic mass is 35.5. The Labute approximate surface area is 167 Å². The number of benzene rings is 2. The lowest BCUT2D eigenvalue weighted by Crippen LogP contribution is -2.37. The summed E-state index contributed by atoms with van der Waals surface area (Å²) in [5, 5.41) is 19.9. The second-order valence-corrected chi connectivity index (χ2v) is 7.41. The molecule has 0 radical (unpaired) electrons. The maximum atomic E-state index is 9.74. The third kappa shape index (κ3) is 4.05. The van der Waals surface area contributed by atoms with Gasteiger partial charge in [0.25, 0.3) is 0 Å². The van der Waals surface area contributed by atoms with Gasteiger partial charge in [0.2, 0.25) is 5.95 Å². The fraction of sp³-hybridized carbons (Fsp3) is 0.250. The number of aromatic nitrogens is 3. The molecular formula is C20H18Cl2N4O. The SMILES string of the molecule is OC1CCN(c2nnc(-c3ccc(Cl)cc3)c(-c3ccc(Cl)cc3)n2)CC1. The molecule has 1 saturated heterocycles. The van der Waals surface area contributed by atoms with Crippen LogP contribution in [-0.4, -0.2) is 39.5 Å². The highest BCUT2D eigenvalue weighted by Crippen LogP contribution is 2.31. The first-order valence-corrected chi connectivity index (χ1v) is 9.55. The summed E-state index contributed by atoms with van der Waals surface area (Å²) in [7, 11) is 0. The van der Waals surface area contributed by atoms with Crippen LogP contribution >= 0.6 is 23.2 Å². The summed E-state index contributed by atoms with van der Waals surface area (Å²) >= 11 is 12.1. The predicted molar refractivity (Wildman–Crippen MR) is 108 cm³/mol. The van der Waals surface area contributed by atoms with Crippen molar-refractivity contribution < 1.29 is 5.11 Å². The highest BCUT2D eigenvalue weighted by molar-refractivity contribution is 6.31. The molecule has 0 unspecified atom stereocenters. The van der Waals surface area contributed by atoms with Crippen LogP contribution < -0.4 is 4.90 Å². The van der Waals surface area contributed by atoms with Crippen LogP contribution in [-0.2, 0) is 0 Å². The van der Waals surface area contributed by atoms with E-state index >= 15 is 0 Å². The van der Waals surface area contributed by atoms with Gasteiger partial charge in [0, 0.05) is 34.3 Å². The number of hydrogen-bond acceptors (Lipinski definition) is 5. The molecule has 5 nitrogen and oxygen atoms in total. The first-order chi connectivity index (χ1) is 13.1. The largest absolute Gasteiger partial charge is 0.393 e. The second-order valence-electron chi connectivity index (χ2n) is 6.54. The first kappa shape index (κ1) is 18.2. The number of halogens is 2. The number of rotatable bonds is 3. The normalized spacial score (nSPS) is 15.1. The van der Waals surface area contributed by atoms with Gasteiger partial charge in [0.1, 0.15) is 11.4 Å². The molecule has 0 aliphatic carbocycles. The molecular weight excluding hydrogens is 383 g/mol. The summed E-state index contributed by atoms with van der Waals surface area (Å²) in [6, 6.07) is 15.0. The van der Waals surface area contributed by atoms with E-state index in [1.807, 2.05) is 48.5 Å². The first-order valence-electron chi connectivity index (χ1n) is 8.80. The summed E-state index contributed by atoms with van der Waals surface area (Å²) < 4.78 is 0. The Morgan fingerprint density at radius 2 is 1.30 bits per heavy atom. The maximum absolute atomic E-state index is 9.74. The molecule has 0 spiro atoms. The van der Waals surface area contributed by atoms with E-state index in [0.29, 0.717) is 47.6 Å². The minimum absolute atomic E-state index is 0.252. The molecule has 0 amide bonds. The average molecular weight is 401 g/mol. The van der Waals surface area contributed by atoms with Crippen molar-refractivity contribution in [1.82, 2.24) is 15.2 Å². The van der Waals surface area contributed by atoms with Gasteiger partial charge in [-0.3, -0.25) is 0 Å². The van der Waals surface area contributed by atoms with Gasteiger partial charge in [-0.2, -0.15) is 0 Å². The molecule has 3 aromatic rings. The zero-order valence-corrected chi connectivity index (χ0v) is 16.0. The van der Waals surface area contributed by atoms with Crippen molar-refractivity contribution in [2.24, 2.45) is 0 Å². The Balaban J connectivity index is 1.78. The van der Waals surface area contributed by atoms with Crippen molar-refractivity contribution in [3.63, 3.8) is 0 Å². The van der Waals surface area contributed by atoms with Crippen molar-refractivity contribution in [3.05, 3.63) is 58.6 Å². The Bertz CT molecular complexity index is 924. The lowest BCUT2D eigenvalue weighted by molar-refractivity contribution is 0.145. The summed E-state index contributed by atoms with van der Waals surface area (Å²) in [5.41, 5.74) is 3.24. The quantitative estimate of drug-likeness (QED) is 0.702. The van der Waals surface area contributed by atoms with Crippen LogP contribution in [0.1, 0.15) is 12.8 Å². The van der Waals surface area contributed by atoms with E-state index in [9.17, 15) is 5.11 Å². The molecule has 27 heavy (non-hydrogen) atoms. The van der Waals surface area contributed by atoms with E-state index in [4.69, 9.17) is 28.2 Å². The number of aliphatic hydroxyl groups excluding tert-OH is 1. The fourth-order valence-corrected chi connectivity index (χ4v) is 3.38. The Hall–Kier alpha value is -2.21. The van der Waals surface area contributed by atoms with Gasteiger partial charge in [-0.1, -0.05) is 47.5 Å². The van der Waals surface area contributed by atoms with Crippen molar-refractivity contribution in [1.29, 1.82) is 0 Å². The maximum Gasteiger partial charge on any atom is 0.245 e. The summed E-state index contributed by atoms with van der Waals surface area (Å²) in [6.45, 7) is 1.42. The smallest absolute Gasteiger partial charge is 0.245 e. The molecule has 0 saturated carbocycles. The van der Waals surface area contributed by atoms with Gasteiger partial charge in [-0.25, -0.2) is 4.98 Å². The Morgan fingerprint density at radius 3 is 1.85 bits per heavy atom. The van der Waals surface area contributed by atoms with Crippen LogP contribution in [0.25, 0.3) is 22.5 Å². The number of aliphatic hydroxyl groups is 1. The minimum atomic E-state index is -0.252. The molecule has 1 aliphatic rings. The number of piperidine rings is 1. The van der Waals surface area contributed by atoms with Gasteiger partial charge in [0.15, 0.2) is 0 Å². The molecule has 1 N–H and O–H groups in total. The molecule has 138 valence electrons. The van der Waals surface area contributed by atoms with E-state index in [2.05, 4.69) is 15.1 Å². The third-order valence-electron chi connectivity index (χ3n) is 4.66. The van der Waals surface area contributed by atoms with Crippen LogP contribution in [0, 0.1) is 0 Å². The lowest BCUT2D eigenvalue weighted by Gasteiger charge is -2.29. The summed E-state index contributed by atoms with van der Waals surface area (Å²) in [6.07, 6.45) is 1.16. The third-order valence-corrected chi connectivity index (χ3v) is 5.16. The van der Waals surface area contributed by atoms with Crippen LogP contribution in [0.2, 0.25) is 10.0 Å². The molecule has 4 rings (SSSR count). The number of nitrogens with zero attached hydrogens (tertiary/aromatic N) is 4. The van der Waals surface area contributed by atoms with E-state index in [1.165, 1.54) is 0 Å². The van der Waals surface area contributed by atoms with Crippen LogP contribution in [0.5, 0.6) is 0 Å². The number of hydrogen-bond donors (Lipinski definition) is 1. The van der Waals surface area contributed by atoms with E-state index in [1.54, 1.807) is 0 Å². The van der Waals surface area contributed by atoms with Crippen molar-refractivity contribution >= 4 is 29.2 Å². The molecule has 7 heteroatoms. The standard InChI is InChI=1S/C20H18Cl2N4O/c21-15-5-1-13(2-6-15)18-19(14-3-7-16(22)8-4-14)24-25-20(23-18)26-11-9-17(27)10-12-26/h1-8,17,27H,9-12H2. The molecule has 2 heterocycles. The van der Waals surface area contributed by atoms with Crippen LogP contribution in [0.15, 0.2) is 48.5 Å². The fourth-order valence-electron chi connectivity index (χ4n) is 3.13. The monoisotopic (exact) mass is 400 g/mol. The Morgan fingerprint density at radius 1 is 0.778 bits per heavy atom. The van der Waals surface area contributed by atoms with E-state index in [0.717, 1.165) is 16.8 Å². The zero-order valence-electron chi connectivity index (χ0n) is 14.5. The molecule has 1 aromatic heterocycles. The molecule has 1 fully saturated rings. The molecule has 2 aromatic carbocycles. The van der Waals surface area contributed by atoms with Gasteiger partial charge in [0.05, 0.1) is 6.10 Å². The topological polar surface area (TPSA) is 62.1 Å². The molecule has 0 atom stereocenters. The van der Waals surface area contributed by atoms with E-state index in [-0.39, 0.29) is 6.10 Å². The van der Waals surface area contributed by atoms with Crippen LogP contribution in [0.3, 0.4) is 0 Å². The lowest BCUT2D eigenvalue weighted by atomic mass is 10.0. The highest BCUT2D eigenvalue weighted by Gasteiger charge is 2.21. The minimum Gasteiger partial charge on any atom is -0.393 e. The summed E-state index contributed by atoms with van der Waals surface area (Å²) in [5.74, 6) is 0.574. The van der Waals surface area contributed by atoms with Gasteiger partial charge in [-0.15, -0.1) is 10.2 Å². The number of anilines is 1. The molecule has 0 bridgehead atoms. The van der Waals surface area contributed by atoms with Crippen molar-refractivity contribution in [2.75, 3.05) is 18.0 Å². The van der Waals surface area contributed by atoms with Crippen molar-refractivity contribution in [3.8, 4) is 22.5 Å². The van der Waals surface area contributed by atoms with Gasteiger partial charge < -0.3 is 10.0 Å². The Kier molecular flexibility index (Phi) is 5.25. The zero-order chi connectivity index (χ0) is 18.8. The van der Waals surface area contributed by atoms with E-state index < -0.39 is 0 Å². The van der Waals surface area contributed by atoms with Gasteiger partial charge >= 0.3 is 0 Å². The average Bonchev–Trinajstić information content (AvgIpc) is 2.69. The van der Waals surface area contributed by atoms with Crippen molar-refractivity contribution in [2.45, 2.75) is 18.9 Å². The van der Waals surface area contributed by atoms with Crippen LogP contribution in [0.4, 0.5) is 5.95 Å².